The Morgan fingerprint density at radius 1 is 1.32 bits per heavy atom. The van der Waals surface area contributed by atoms with Crippen LogP contribution < -0.4 is 4.74 Å². The first kappa shape index (κ1) is 16.8. The molecule has 0 amide bonds. The molecule has 0 fully saturated rings. The molecule has 1 aromatic rings. The van der Waals surface area contributed by atoms with Crippen molar-refractivity contribution in [2.45, 2.75) is 58.8 Å². The monoisotopic (exact) mass is 300 g/mol. The highest BCUT2D eigenvalue weighted by molar-refractivity contribution is 5.72. The number of esters is 1. The lowest BCUT2D eigenvalue weighted by Gasteiger charge is -2.25. The average Bonchev–Trinajstić information content (AvgIpc) is 2.54. The van der Waals surface area contributed by atoms with Crippen LogP contribution in [0.1, 0.15) is 58.8 Å². The topological polar surface area (TPSA) is 26.3 Å². The van der Waals surface area contributed by atoms with Gasteiger partial charge in [0.25, 0.3) is 0 Å². The number of carbonyl (C=O) groups excluding carboxylic acids is 1. The molecule has 0 spiro atoms. The van der Waals surface area contributed by atoms with Crippen molar-refractivity contribution in [3.63, 3.8) is 0 Å². The Bertz CT molecular complexity index is 490. The van der Waals surface area contributed by atoms with Gasteiger partial charge in [-0.3, -0.25) is 4.79 Å². The fraction of sp³-hybridized carbons (Fsp3) is 0.550. The Labute approximate surface area is 134 Å². The maximum Gasteiger partial charge on any atom is 0.311 e. The Kier molecular flexibility index (Phi) is 6.70. The number of hydrogen-bond donors (Lipinski definition) is 0. The molecular weight excluding hydrogens is 272 g/mol. The number of para-hydroxylation sites is 1. The summed E-state index contributed by atoms with van der Waals surface area (Å²) < 4.78 is 5.34. The predicted molar refractivity (Wildman–Crippen MR) is 90.8 cm³/mol. The average molecular weight is 300 g/mol. The van der Waals surface area contributed by atoms with Gasteiger partial charge in [0.05, 0.1) is 0 Å². The maximum atomic E-state index is 11.9. The van der Waals surface area contributed by atoms with Crippen LogP contribution in [-0.4, -0.2) is 5.97 Å². The van der Waals surface area contributed by atoms with E-state index in [1.165, 1.54) is 32.1 Å². The van der Waals surface area contributed by atoms with Gasteiger partial charge in [-0.15, -0.1) is 0 Å². The molecule has 0 N–H and O–H groups in total. The highest BCUT2D eigenvalue weighted by Crippen LogP contribution is 2.32. The molecule has 0 saturated heterocycles. The number of rotatable bonds is 7. The first-order valence-electron chi connectivity index (χ1n) is 8.63. The largest absolute Gasteiger partial charge is 0.427 e. The Morgan fingerprint density at radius 2 is 2.09 bits per heavy atom. The third-order valence-electron chi connectivity index (χ3n) is 4.64. The van der Waals surface area contributed by atoms with Crippen LogP contribution >= 0.6 is 0 Å². The van der Waals surface area contributed by atoms with Crippen molar-refractivity contribution in [2.24, 2.45) is 11.8 Å². The first-order chi connectivity index (χ1) is 10.7. The standard InChI is InChI=1S/C20H28O2/c1-3-7-17-11-13-18(14-12-17)16(2)10-15-20(21)22-19-8-5-4-6-9-19/h4-6,8-9,13,16-17H,3,7,10-12,14-15H2,1-2H3. The van der Waals surface area contributed by atoms with Gasteiger partial charge >= 0.3 is 5.97 Å². The van der Waals surface area contributed by atoms with E-state index in [0.29, 0.717) is 18.1 Å². The molecule has 1 aromatic carbocycles. The van der Waals surface area contributed by atoms with Crippen molar-refractivity contribution < 1.29 is 9.53 Å². The Morgan fingerprint density at radius 3 is 2.73 bits per heavy atom. The lowest BCUT2D eigenvalue weighted by molar-refractivity contribution is -0.134. The van der Waals surface area contributed by atoms with Gasteiger partial charge in [0.1, 0.15) is 5.75 Å². The molecule has 2 heteroatoms. The first-order valence-corrected chi connectivity index (χ1v) is 8.63. The zero-order chi connectivity index (χ0) is 15.8. The third kappa shape index (κ3) is 5.32. The quantitative estimate of drug-likeness (QED) is 0.376. The second kappa shape index (κ2) is 8.77. The van der Waals surface area contributed by atoms with Crippen LogP contribution in [0.25, 0.3) is 0 Å². The molecule has 0 radical (unpaired) electrons. The van der Waals surface area contributed by atoms with E-state index < -0.39 is 0 Å². The molecule has 1 aliphatic rings. The van der Waals surface area contributed by atoms with Gasteiger partial charge in [0, 0.05) is 6.42 Å². The number of hydrogen-bond acceptors (Lipinski definition) is 2. The smallest absolute Gasteiger partial charge is 0.311 e. The van der Waals surface area contributed by atoms with E-state index in [4.69, 9.17) is 4.74 Å². The van der Waals surface area contributed by atoms with Crippen molar-refractivity contribution >= 4 is 5.97 Å². The van der Waals surface area contributed by atoms with Crippen LogP contribution in [-0.2, 0) is 4.79 Å². The van der Waals surface area contributed by atoms with Gasteiger partial charge in [-0.1, -0.05) is 56.5 Å². The fourth-order valence-corrected chi connectivity index (χ4v) is 3.22. The normalized spacial score (nSPS) is 19.4. The number of benzene rings is 1. The summed E-state index contributed by atoms with van der Waals surface area (Å²) in [6.07, 6.45) is 10.2. The zero-order valence-electron chi connectivity index (χ0n) is 13.9. The van der Waals surface area contributed by atoms with Gasteiger partial charge in [-0.05, 0) is 49.7 Å². The van der Waals surface area contributed by atoms with Crippen molar-refractivity contribution in [2.75, 3.05) is 0 Å². The number of ether oxygens (including phenoxy) is 1. The van der Waals surface area contributed by atoms with E-state index in [-0.39, 0.29) is 5.97 Å². The molecule has 0 aliphatic heterocycles. The summed E-state index contributed by atoms with van der Waals surface area (Å²) in [5.41, 5.74) is 1.54. The van der Waals surface area contributed by atoms with Gasteiger partial charge in [-0.2, -0.15) is 0 Å². The van der Waals surface area contributed by atoms with E-state index in [0.717, 1.165) is 12.3 Å². The molecule has 22 heavy (non-hydrogen) atoms. The fourth-order valence-electron chi connectivity index (χ4n) is 3.22. The Balaban J connectivity index is 1.73. The van der Waals surface area contributed by atoms with E-state index in [2.05, 4.69) is 19.9 Å². The Hall–Kier alpha value is -1.57. The molecule has 1 aliphatic carbocycles. The van der Waals surface area contributed by atoms with Crippen LogP contribution in [0.15, 0.2) is 42.0 Å². The minimum Gasteiger partial charge on any atom is -0.427 e. The highest BCUT2D eigenvalue weighted by Gasteiger charge is 2.18. The third-order valence-corrected chi connectivity index (χ3v) is 4.64. The zero-order valence-corrected chi connectivity index (χ0v) is 13.9. The molecule has 120 valence electrons. The number of carbonyl (C=O) groups is 1. The molecule has 0 aromatic heterocycles. The predicted octanol–water partition coefficient (Wildman–Crippen LogP) is 5.53. The van der Waals surface area contributed by atoms with Crippen LogP contribution in [0.4, 0.5) is 0 Å². The van der Waals surface area contributed by atoms with Gasteiger partial charge < -0.3 is 4.74 Å². The molecule has 2 unspecified atom stereocenters. The second-order valence-electron chi connectivity index (χ2n) is 6.43. The van der Waals surface area contributed by atoms with Gasteiger partial charge in [0.2, 0.25) is 0 Å². The molecule has 0 heterocycles. The van der Waals surface area contributed by atoms with Crippen LogP contribution in [0.2, 0.25) is 0 Å². The summed E-state index contributed by atoms with van der Waals surface area (Å²) in [5, 5.41) is 0. The van der Waals surface area contributed by atoms with Crippen LogP contribution in [0.5, 0.6) is 5.75 Å². The van der Waals surface area contributed by atoms with E-state index >= 15 is 0 Å². The molecular formula is C20H28O2. The van der Waals surface area contributed by atoms with Crippen LogP contribution in [0, 0.1) is 11.8 Å². The summed E-state index contributed by atoms with van der Waals surface area (Å²) in [4.78, 5) is 11.9. The highest BCUT2D eigenvalue weighted by atomic mass is 16.5. The summed E-state index contributed by atoms with van der Waals surface area (Å²) in [6, 6.07) is 9.31. The van der Waals surface area contributed by atoms with Crippen molar-refractivity contribution in [3.05, 3.63) is 42.0 Å². The lowest BCUT2D eigenvalue weighted by atomic mass is 9.81. The SMILES string of the molecule is CCCC1CC=C(C(C)CCC(=O)Oc2ccccc2)CC1. The van der Waals surface area contributed by atoms with Crippen molar-refractivity contribution in [1.82, 2.24) is 0 Å². The summed E-state index contributed by atoms with van der Waals surface area (Å²) in [5.74, 6) is 1.88. The molecule has 0 saturated carbocycles. The van der Waals surface area contributed by atoms with E-state index in [1.54, 1.807) is 5.57 Å². The maximum absolute atomic E-state index is 11.9. The summed E-state index contributed by atoms with van der Waals surface area (Å²) in [7, 11) is 0. The minimum atomic E-state index is -0.127. The second-order valence-corrected chi connectivity index (χ2v) is 6.43. The molecule has 2 atom stereocenters. The number of allylic oxidation sites excluding steroid dienone is 2. The summed E-state index contributed by atoms with van der Waals surface area (Å²) in [6.45, 7) is 4.50. The van der Waals surface area contributed by atoms with E-state index in [1.807, 2.05) is 30.3 Å². The van der Waals surface area contributed by atoms with Gasteiger partial charge in [-0.25, -0.2) is 0 Å². The van der Waals surface area contributed by atoms with Crippen molar-refractivity contribution in [1.29, 1.82) is 0 Å². The molecule has 2 nitrogen and oxygen atoms in total. The molecule has 2 rings (SSSR count). The minimum absolute atomic E-state index is 0.127. The summed E-state index contributed by atoms with van der Waals surface area (Å²) >= 11 is 0. The van der Waals surface area contributed by atoms with Crippen molar-refractivity contribution in [3.8, 4) is 5.75 Å². The molecule has 0 bridgehead atoms. The van der Waals surface area contributed by atoms with E-state index in [9.17, 15) is 4.79 Å². The lowest BCUT2D eigenvalue weighted by Crippen LogP contribution is -2.13. The van der Waals surface area contributed by atoms with Gasteiger partial charge in [0.15, 0.2) is 0 Å². The van der Waals surface area contributed by atoms with Crippen LogP contribution in [0.3, 0.4) is 0 Å².